The molecule has 0 aromatic heterocycles. The lowest BCUT2D eigenvalue weighted by Crippen LogP contribution is -2.46. The molecule has 0 aliphatic carbocycles. The van der Waals surface area contributed by atoms with Gasteiger partial charge in [-0.05, 0) is 71.2 Å². The van der Waals surface area contributed by atoms with Crippen LogP contribution in [0.1, 0.15) is 51.4 Å². The van der Waals surface area contributed by atoms with Gasteiger partial charge in [0.1, 0.15) is 5.84 Å². The first-order chi connectivity index (χ1) is 9.79. The first-order valence-electron chi connectivity index (χ1n) is 8.22. The molecule has 2 saturated heterocycles. The molecule has 2 aliphatic rings. The van der Waals surface area contributed by atoms with Crippen LogP contribution in [0.15, 0.2) is 5.16 Å². The van der Waals surface area contributed by atoms with E-state index in [4.69, 9.17) is 10.9 Å². The van der Waals surface area contributed by atoms with Crippen LogP contribution in [0.4, 0.5) is 0 Å². The standard InChI is InChI=1S/C15H30N4O/c16-15(17-20)6-2-5-9-18-12-7-14(8-13-18)19-10-3-1-4-11-19/h14,20H,1-13H2,(H2,16,17). The number of likely N-dealkylation sites (tertiary alicyclic amines) is 2. The predicted octanol–water partition coefficient (Wildman–Crippen LogP) is 1.85. The molecule has 0 atom stereocenters. The lowest BCUT2D eigenvalue weighted by Gasteiger charge is -2.40. The third-order valence-electron chi connectivity index (χ3n) is 4.75. The van der Waals surface area contributed by atoms with Crippen LogP contribution in [0.2, 0.25) is 0 Å². The summed E-state index contributed by atoms with van der Waals surface area (Å²) < 4.78 is 0. The Balaban J connectivity index is 1.57. The first kappa shape index (κ1) is 15.6. The molecule has 0 unspecified atom stereocenters. The highest BCUT2D eigenvalue weighted by atomic mass is 16.4. The fourth-order valence-corrected chi connectivity index (χ4v) is 3.48. The van der Waals surface area contributed by atoms with Crippen LogP contribution in [0.25, 0.3) is 0 Å². The molecule has 5 heteroatoms. The van der Waals surface area contributed by atoms with E-state index in [9.17, 15) is 0 Å². The molecule has 0 amide bonds. The van der Waals surface area contributed by atoms with Gasteiger partial charge < -0.3 is 20.7 Å². The van der Waals surface area contributed by atoms with Crippen molar-refractivity contribution in [3.05, 3.63) is 0 Å². The smallest absolute Gasteiger partial charge is 0.139 e. The number of unbranched alkanes of at least 4 members (excludes halogenated alkanes) is 1. The fraction of sp³-hybridized carbons (Fsp3) is 0.933. The van der Waals surface area contributed by atoms with Crippen molar-refractivity contribution in [3.63, 3.8) is 0 Å². The second-order valence-corrected chi connectivity index (χ2v) is 6.22. The summed E-state index contributed by atoms with van der Waals surface area (Å²) in [5.74, 6) is 0.355. The molecule has 116 valence electrons. The van der Waals surface area contributed by atoms with Gasteiger partial charge in [-0.25, -0.2) is 0 Å². The topological polar surface area (TPSA) is 65.1 Å². The number of hydrogen-bond acceptors (Lipinski definition) is 4. The van der Waals surface area contributed by atoms with Gasteiger partial charge in [0, 0.05) is 12.5 Å². The minimum atomic E-state index is 0.355. The summed E-state index contributed by atoms with van der Waals surface area (Å²) in [6.07, 6.45) is 9.76. The van der Waals surface area contributed by atoms with Gasteiger partial charge >= 0.3 is 0 Å². The van der Waals surface area contributed by atoms with E-state index in [1.165, 1.54) is 58.3 Å². The average molecular weight is 282 g/mol. The number of nitrogens with zero attached hydrogens (tertiary/aromatic N) is 3. The summed E-state index contributed by atoms with van der Waals surface area (Å²) in [7, 11) is 0. The third kappa shape index (κ3) is 4.94. The number of hydrogen-bond donors (Lipinski definition) is 2. The number of oxime groups is 1. The third-order valence-corrected chi connectivity index (χ3v) is 4.75. The molecule has 0 aromatic rings. The molecule has 2 aliphatic heterocycles. The number of rotatable bonds is 6. The van der Waals surface area contributed by atoms with Crippen LogP contribution in [0, 0.1) is 0 Å². The van der Waals surface area contributed by atoms with Crippen LogP contribution in [-0.4, -0.2) is 59.6 Å². The van der Waals surface area contributed by atoms with Crippen molar-refractivity contribution >= 4 is 5.84 Å². The maximum atomic E-state index is 8.48. The van der Waals surface area contributed by atoms with Gasteiger partial charge in [0.05, 0.1) is 0 Å². The maximum Gasteiger partial charge on any atom is 0.139 e. The second kappa shape index (κ2) is 8.47. The Labute approximate surface area is 122 Å². The highest BCUT2D eigenvalue weighted by molar-refractivity contribution is 5.79. The molecular formula is C15H30N4O. The van der Waals surface area contributed by atoms with Gasteiger partial charge in [0.15, 0.2) is 0 Å². The van der Waals surface area contributed by atoms with E-state index in [2.05, 4.69) is 15.0 Å². The summed E-state index contributed by atoms with van der Waals surface area (Å²) in [5.41, 5.74) is 5.47. The Morgan fingerprint density at radius 2 is 1.75 bits per heavy atom. The van der Waals surface area contributed by atoms with Crippen molar-refractivity contribution in [1.29, 1.82) is 0 Å². The van der Waals surface area contributed by atoms with Gasteiger partial charge in [-0.1, -0.05) is 11.6 Å². The van der Waals surface area contributed by atoms with Gasteiger partial charge in [-0.3, -0.25) is 0 Å². The Hall–Kier alpha value is -0.810. The van der Waals surface area contributed by atoms with E-state index in [0.29, 0.717) is 12.3 Å². The molecule has 2 rings (SSSR count). The Bertz CT molecular complexity index is 294. The molecule has 2 fully saturated rings. The average Bonchev–Trinajstić information content (AvgIpc) is 2.52. The van der Waals surface area contributed by atoms with E-state index in [1.807, 2.05) is 0 Å². The van der Waals surface area contributed by atoms with Crippen LogP contribution >= 0.6 is 0 Å². The molecule has 3 N–H and O–H groups in total. The normalized spacial score (nSPS) is 24.1. The highest BCUT2D eigenvalue weighted by Gasteiger charge is 2.25. The van der Waals surface area contributed by atoms with E-state index in [0.717, 1.165) is 25.4 Å². The molecule has 5 nitrogen and oxygen atoms in total. The summed E-state index contributed by atoms with van der Waals surface area (Å²) in [4.78, 5) is 5.30. The quantitative estimate of drug-likeness (QED) is 0.256. The van der Waals surface area contributed by atoms with Crippen molar-refractivity contribution in [1.82, 2.24) is 9.80 Å². The Kier molecular flexibility index (Phi) is 6.60. The molecule has 0 spiro atoms. The number of nitrogens with two attached hydrogens (primary N) is 1. The van der Waals surface area contributed by atoms with E-state index in [1.54, 1.807) is 0 Å². The van der Waals surface area contributed by atoms with E-state index >= 15 is 0 Å². The van der Waals surface area contributed by atoms with E-state index < -0.39 is 0 Å². The molecule has 2 heterocycles. The van der Waals surface area contributed by atoms with E-state index in [-0.39, 0.29) is 0 Å². The first-order valence-corrected chi connectivity index (χ1v) is 8.22. The monoisotopic (exact) mass is 282 g/mol. The zero-order chi connectivity index (χ0) is 14.2. The Morgan fingerprint density at radius 1 is 1.05 bits per heavy atom. The summed E-state index contributed by atoms with van der Waals surface area (Å²) in [5, 5.41) is 11.5. The number of piperidine rings is 2. The van der Waals surface area contributed by atoms with Crippen LogP contribution < -0.4 is 5.73 Å². The molecule has 0 aromatic carbocycles. The van der Waals surface area contributed by atoms with Gasteiger partial charge in [0.2, 0.25) is 0 Å². The van der Waals surface area contributed by atoms with Crippen LogP contribution in [-0.2, 0) is 0 Å². The molecule has 0 saturated carbocycles. The maximum absolute atomic E-state index is 8.48. The van der Waals surface area contributed by atoms with Crippen molar-refractivity contribution in [2.45, 2.75) is 57.4 Å². The zero-order valence-corrected chi connectivity index (χ0v) is 12.6. The lowest BCUT2D eigenvalue weighted by molar-refractivity contribution is 0.0919. The lowest BCUT2D eigenvalue weighted by atomic mass is 9.99. The largest absolute Gasteiger partial charge is 0.409 e. The predicted molar refractivity (Wildman–Crippen MR) is 82.1 cm³/mol. The van der Waals surface area contributed by atoms with Gasteiger partial charge in [-0.2, -0.15) is 0 Å². The van der Waals surface area contributed by atoms with Crippen LogP contribution in [0.5, 0.6) is 0 Å². The van der Waals surface area contributed by atoms with Gasteiger partial charge in [-0.15, -0.1) is 0 Å². The van der Waals surface area contributed by atoms with Gasteiger partial charge in [0.25, 0.3) is 0 Å². The summed E-state index contributed by atoms with van der Waals surface area (Å²) in [6.45, 7) is 6.29. The molecule has 0 radical (unpaired) electrons. The zero-order valence-electron chi connectivity index (χ0n) is 12.6. The Morgan fingerprint density at radius 3 is 2.40 bits per heavy atom. The van der Waals surface area contributed by atoms with Crippen molar-refractivity contribution in [2.24, 2.45) is 10.9 Å². The minimum Gasteiger partial charge on any atom is -0.409 e. The SMILES string of the molecule is NC(CCCCN1CCC(N2CCCCC2)CC1)=NO. The van der Waals surface area contributed by atoms with Crippen molar-refractivity contribution in [3.8, 4) is 0 Å². The second-order valence-electron chi connectivity index (χ2n) is 6.22. The summed E-state index contributed by atoms with van der Waals surface area (Å²) in [6, 6.07) is 0.837. The minimum absolute atomic E-state index is 0.355. The summed E-state index contributed by atoms with van der Waals surface area (Å²) >= 11 is 0. The van der Waals surface area contributed by atoms with Crippen LogP contribution in [0.3, 0.4) is 0 Å². The van der Waals surface area contributed by atoms with Crippen molar-refractivity contribution < 1.29 is 5.21 Å². The van der Waals surface area contributed by atoms with Crippen molar-refractivity contribution in [2.75, 3.05) is 32.7 Å². The highest BCUT2D eigenvalue weighted by Crippen LogP contribution is 2.21. The molecule has 0 bridgehead atoms. The fourth-order valence-electron chi connectivity index (χ4n) is 3.48. The number of amidine groups is 1. The molecular weight excluding hydrogens is 252 g/mol. The molecule has 20 heavy (non-hydrogen) atoms.